The lowest BCUT2D eigenvalue weighted by molar-refractivity contribution is -0.143. The van der Waals surface area contributed by atoms with Gasteiger partial charge in [0.2, 0.25) is 5.91 Å². The fourth-order valence-corrected chi connectivity index (χ4v) is 7.00. The molecule has 0 aliphatic carbocycles. The van der Waals surface area contributed by atoms with Gasteiger partial charge in [0, 0.05) is 12.8 Å². The molecule has 0 aromatic heterocycles. The van der Waals surface area contributed by atoms with E-state index in [0.29, 0.717) is 19.4 Å². The highest BCUT2D eigenvalue weighted by molar-refractivity contribution is 5.76. The van der Waals surface area contributed by atoms with Gasteiger partial charge in [0.25, 0.3) is 0 Å². The largest absolute Gasteiger partial charge is 0.466 e. The Labute approximate surface area is 353 Å². The van der Waals surface area contributed by atoms with Crippen molar-refractivity contribution >= 4 is 11.9 Å². The summed E-state index contributed by atoms with van der Waals surface area (Å²) in [5.41, 5.74) is 0. The lowest BCUT2D eigenvalue weighted by atomic mass is 10.0. The average Bonchev–Trinajstić information content (AvgIpc) is 3.21. The molecule has 57 heavy (non-hydrogen) atoms. The number of ether oxygens (including phenoxy) is 1. The molecule has 2 atom stereocenters. The summed E-state index contributed by atoms with van der Waals surface area (Å²) in [5.74, 6) is -0.184. The van der Waals surface area contributed by atoms with Crippen LogP contribution in [0, 0.1) is 0 Å². The van der Waals surface area contributed by atoms with Crippen LogP contribution in [0.25, 0.3) is 0 Å². The quantitative estimate of drug-likeness (QED) is 0.0324. The van der Waals surface area contributed by atoms with Gasteiger partial charge in [-0.25, -0.2) is 0 Å². The van der Waals surface area contributed by atoms with Crippen molar-refractivity contribution in [2.75, 3.05) is 13.2 Å². The molecule has 6 nitrogen and oxygen atoms in total. The second-order valence-electron chi connectivity index (χ2n) is 16.4. The maximum Gasteiger partial charge on any atom is 0.305 e. The Kier molecular flexibility index (Phi) is 44.7. The van der Waals surface area contributed by atoms with Gasteiger partial charge < -0.3 is 20.3 Å². The van der Waals surface area contributed by atoms with Crippen LogP contribution in [0.4, 0.5) is 0 Å². The van der Waals surface area contributed by atoms with E-state index in [1.165, 1.54) is 128 Å². The number of hydrogen-bond donors (Lipinski definition) is 3. The minimum absolute atomic E-state index is 0.0535. The van der Waals surface area contributed by atoms with E-state index < -0.39 is 12.1 Å². The van der Waals surface area contributed by atoms with Gasteiger partial charge in [-0.2, -0.15) is 0 Å². The summed E-state index contributed by atoms with van der Waals surface area (Å²) >= 11 is 0. The monoisotopic (exact) mass is 800 g/mol. The van der Waals surface area contributed by atoms with Crippen LogP contribution in [-0.2, 0) is 14.3 Å². The van der Waals surface area contributed by atoms with Gasteiger partial charge in [-0.1, -0.05) is 197 Å². The summed E-state index contributed by atoms with van der Waals surface area (Å²) in [7, 11) is 0. The fraction of sp³-hybridized carbons (Fsp3) is 0.804. The second kappa shape index (κ2) is 46.5. The minimum atomic E-state index is -0.877. The number of amides is 1. The Bertz CT molecular complexity index is 973. The lowest BCUT2D eigenvalue weighted by Crippen LogP contribution is -2.45. The number of allylic oxidation sites excluding steroid dienone is 7. The number of aliphatic hydroxyl groups excluding tert-OH is 2. The molecule has 0 aliphatic heterocycles. The molecule has 0 spiro atoms. The van der Waals surface area contributed by atoms with Crippen LogP contribution in [0.2, 0.25) is 0 Å². The van der Waals surface area contributed by atoms with Crippen molar-refractivity contribution in [2.24, 2.45) is 0 Å². The molecule has 332 valence electrons. The highest BCUT2D eigenvalue weighted by Gasteiger charge is 2.17. The molecule has 0 saturated carbocycles. The molecule has 3 N–H and O–H groups in total. The molecule has 0 aromatic rings. The van der Waals surface area contributed by atoms with Crippen molar-refractivity contribution in [1.82, 2.24) is 5.32 Å². The number of hydrogen-bond acceptors (Lipinski definition) is 5. The fourth-order valence-electron chi connectivity index (χ4n) is 7.00. The van der Waals surface area contributed by atoms with E-state index in [2.05, 4.69) is 55.6 Å². The van der Waals surface area contributed by atoms with Crippen molar-refractivity contribution in [3.63, 3.8) is 0 Å². The van der Waals surface area contributed by atoms with E-state index in [1.54, 1.807) is 6.08 Å². The molecule has 1 amide bonds. The third-order valence-corrected chi connectivity index (χ3v) is 10.8. The number of rotatable bonds is 44. The summed E-state index contributed by atoms with van der Waals surface area (Å²) in [6.07, 6.45) is 56.8. The SMILES string of the molecule is CCCC/C=C\C/C=C\CCCCCCCC(=O)OCCCCCC/C=C\CCCC(=O)NC(CO)C(O)/C=C/CCCCCCCCCCCCCCCCC. The zero-order valence-corrected chi connectivity index (χ0v) is 37.6. The van der Waals surface area contributed by atoms with E-state index in [1.807, 2.05) is 6.08 Å². The predicted octanol–water partition coefficient (Wildman–Crippen LogP) is 14.3. The van der Waals surface area contributed by atoms with Crippen LogP contribution >= 0.6 is 0 Å². The molecule has 0 aromatic carbocycles. The maximum atomic E-state index is 12.4. The van der Waals surface area contributed by atoms with Crippen LogP contribution in [0.3, 0.4) is 0 Å². The third-order valence-electron chi connectivity index (χ3n) is 10.8. The summed E-state index contributed by atoms with van der Waals surface area (Å²) < 4.78 is 5.42. The van der Waals surface area contributed by atoms with Crippen molar-refractivity contribution in [1.29, 1.82) is 0 Å². The number of unbranched alkanes of at least 4 members (excludes halogenated alkanes) is 27. The summed E-state index contributed by atoms with van der Waals surface area (Å²) in [6, 6.07) is -0.667. The third kappa shape index (κ3) is 43.2. The standard InChI is InChI=1S/C51H93NO5/c1-3-5-7-9-11-13-15-17-19-20-21-22-24-27-31-35-39-43-49(54)48(47-53)52-50(55)44-40-36-32-28-26-30-34-38-42-46-57-51(56)45-41-37-33-29-25-23-18-16-14-12-10-8-6-4-2/h10,12,16,18,28,32,39,43,48-49,53-54H,3-9,11,13-15,17,19-27,29-31,33-38,40-42,44-47H2,1-2H3,(H,52,55)/b12-10-,18-16-,32-28-,43-39+. The lowest BCUT2D eigenvalue weighted by Gasteiger charge is -2.19. The molecular formula is C51H93NO5. The van der Waals surface area contributed by atoms with Gasteiger partial charge >= 0.3 is 5.97 Å². The van der Waals surface area contributed by atoms with Gasteiger partial charge in [0.1, 0.15) is 0 Å². The molecule has 0 heterocycles. The zero-order valence-electron chi connectivity index (χ0n) is 37.6. The zero-order chi connectivity index (χ0) is 41.5. The molecule has 0 aliphatic rings. The average molecular weight is 800 g/mol. The molecule has 6 heteroatoms. The maximum absolute atomic E-state index is 12.4. The van der Waals surface area contributed by atoms with Crippen molar-refractivity contribution in [3.05, 3.63) is 48.6 Å². The van der Waals surface area contributed by atoms with Gasteiger partial charge in [0.05, 0.1) is 25.4 Å². The van der Waals surface area contributed by atoms with E-state index in [-0.39, 0.29) is 18.5 Å². The number of carbonyl (C=O) groups excluding carboxylic acids is 2. The Hall–Kier alpha value is -2.18. The molecule has 2 unspecified atom stereocenters. The molecule has 0 rings (SSSR count). The van der Waals surface area contributed by atoms with Crippen LogP contribution in [-0.4, -0.2) is 47.4 Å². The normalized spacial score (nSPS) is 13.1. The second-order valence-corrected chi connectivity index (χ2v) is 16.4. The summed E-state index contributed by atoms with van der Waals surface area (Å²) in [4.78, 5) is 24.4. The molecule has 0 saturated heterocycles. The van der Waals surface area contributed by atoms with Gasteiger partial charge in [-0.15, -0.1) is 0 Å². The van der Waals surface area contributed by atoms with Crippen LogP contribution in [0.5, 0.6) is 0 Å². The van der Waals surface area contributed by atoms with Crippen molar-refractivity contribution < 1.29 is 24.5 Å². The van der Waals surface area contributed by atoms with Gasteiger partial charge in [-0.05, 0) is 77.0 Å². The molecule has 0 bridgehead atoms. The van der Waals surface area contributed by atoms with E-state index in [9.17, 15) is 19.8 Å². The molecular weight excluding hydrogens is 707 g/mol. The number of carbonyl (C=O) groups is 2. The van der Waals surface area contributed by atoms with E-state index in [0.717, 1.165) is 83.5 Å². The highest BCUT2D eigenvalue weighted by atomic mass is 16.5. The van der Waals surface area contributed by atoms with Crippen LogP contribution in [0.1, 0.15) is 239 Å². The molecule has 0 radical (unpaired) electrons. The van der Waals surface area contributed by atoms with E-state index in [4.69, 9.17) is 4.74 Å². The van der Waals surface area contributed by atoms with Crippen molar-refractivity contribution in [3.8, 4) is 0 Å². The Morgan fingerprint density at radius 1 is 0.491 bits per heavy atom. The first-order valence-corrected chi connectivity index (χ1v) is 24.4. The Balaban J connectivity index is 3.62. The first kappa shape index (κ1) is 54.8. The Morgan fingerprint density at radius 3 is 1.44 bits per heavy atom. The van der Waals surface area contributed by atoms with E-state index >= 15 is 0 Å². The smallest absolute Gasteiger partial charge is 0.305 e. The highest BCUT2D eigenvalue weighted by Crippen LogP contribution is 2.15. The number of esters is 1. The summed E-state index contributed by atoms with van der Waals surface area (Å²) in [6.45, 7) is 4.75. The van der Waals surface area contributed by atoms with Crippen LogP contribution in [0.15, 0.2) is 48.6 Å². The first-order chi connectivity index (χ1) is 28.0. The first-order valence-electron chi connectivity index (χ1n) is 24.4. The van der Waals surface area contributed by atoms with Gasteiger partial charge in [0.15, 0.2) is 0 Å². The topological polar surface area (TPSA) is 95.9 Å². The Morgan fingerprint density at radius 2 is 0.912 bits per heavy atom. The molecule has 0 fully saturated rings. The predicted molar refractivity (Wildman–Crippen MR) is 245 cm³/mol. The minimum Gasteiger partial charge on any atom is -0.466 e. The van der Waals surface area contributed by atoms with Crippen molar-refractivity contribution in [2.45, 2.75) is 251 Å². The number of nitrogens with one attached hydrogen (secondary N) is 1. The van der Waals surface area contributed by atoms with Gasteiger partial charge in [-0.3, -0.25) is 9.59 Å². The number of aliphatic hydroxyl groups is 2. The summed E-state index contributed by atoms with van der Waals surface area (Å²) in [5, 5.41) is 23.0. The van der Waals surface area contributed by atoms with Crippen LogP contribution < -0.4 is 5.32 Å².